The largest absolute Gasteiger partial charge is 0.493 e. The fourth-order valence-electron chi connectivity index (χ4n) is 2.49. The molecular formula is C19H15N3O4S. The lowest BCUT2D eigenvalue weighted by Crippen LogP contribution is -2.11. The zero-order valence-corrected chi connectivity index (χ0v) is 15.2. The van der Waals surface area contributed by atoms with Crippen LogP contribution in [0.25, 0.3) is 11.0 Å². The number of furan rings is 1. The molecule has 2 aromatic carbocycles. The maximum absolute atomic E-state index is 12.4. The van der Waals surface area contributed by atoms with Crippen LogP contribution in [-0.4, -0.2) is 23.2 Å². The average Bonchev–Trinajstić information content (AvgIpc) is 3.33. The van der Waals surface area contributed by atoms with E-state index in [0.717, 1.165) is 10.3 Å². The molecule has 0 aliphatic rings. The number of nitrogens with zero attached hydrogens (tertiary/aromatic N) is 2. The second kappa shape index (κ2) is 7.55. The van der Waals surface area contributed by atoms with Gasteiger partial charge in [-0.15, -0.1) is 16.9 Å². The third kappa shape index (κ3) is 3.80. The molecule has 0 radical (unpaired) electrons. The Morgan fingerprint density at radius 3 is 2.78 bits per heavy atom. The first-order valence-electron chi connectivity index (χ1n) is 8.11. The van der Waals surface area contributed by atoms with Gasteiger partial charge in [-0.2, -0.15) is 0 Å². The fraction of sp³-hybridized carbons (Fsp3) is 0.105. The van der Waals surface area contributed by atoms with E-state index < -0.39 is 5.91 Å². The number of methoxy groups -OCH3 is 1. The number of amides is 1. The molecule has 0 aliphatic carbocycles. The number of rotatable bonds is 6. The highest BCUT2D eigenvalue weighted by molar-refractivity contribution is 7.98. The van der Waals surface area contributed by atoms with Gasteiger partial charge < -0.3 is 13.6 Å². The molecule has 2 heterocycles. The number of hydrogen-bond acceptors (Lipinski definition) is 7. The van der Waals surface area contributed by atoms with E-state index in [0.29, 0.717) is 23.0 Å². The standard InChI is InChI=1S/C19H15N3O4S/c1-24-14-9-5-6-12-10-15(25-17(12)14)18(23)20-19-22-21-16(26-19)11-27-13-7-3-2-4-8-13/h2-10H,11H2,1H3,(H,20,22,23). The molecule has 7 nitrogen and oxygen atoms in total. The van der Waals surface area contributed by atoms with Gasteiger partial charge in [0.05, 0.1) is 12.9 Å². The van der Waals surface area contributed by atoms with E-state index in [-0.39, 0.29) is 11.8 Å². The number of para-hydroxylation sites is 1. The smallest absolute Gasteiger partial charge is 0.322 e. The lowest BCUT2D eigenvalue weighted by molar-refractivity contribution is 0.0995. The van der Waals surface area contributed by atoms with Crippen molar-refractivity contribution in [2.45, 2.75) is 10.6 Å². The number of aromatic nitrogens is 2. The number of hydrogen-bond donors (Lipinski definition) is 1. The predicted molar refractivity (Wildman–Crippen MR) is 101 cm³/mol. The predicted octanol–water partition coefficient (Wildman–Crippen LogP) is 4.37. The van der Waals surface area contributed by atoms with Crippen LogP contribution in [0.2, 0.25) is 0 Å². The van der Waals surface area contributed by atoms with Gasteiger partial charge in [-0.05, 0) is 24.3 Å². The normalized spacial score (nSPS) is 10.9. The van der Waals surface area contributed by atoms with Crippen molar-refractivity contribution < 1.29 is 18.4 Å². The minimum absolute atomic E-state index is 0.0242. The number of ether oxygens (including phenoxy) is 1. The molecule has 136 valence electrons. The quantitative estimate of drug-likeness (QED) is 0.496. The molecule has 1 amide bonds. The molecule has 4 aromatic rings. The molecule has 0 fully saturated rings. The molecule has 2 aromatic heterocycles. The summed E-state index contributed by atoms with van der Waals surface area (Å²) in [4.78, 5) is 13.5. The highest BCUT2D eigenvalue weighted by Gasteiger charge is 2.17. The Balaban J connectivity index is 1.43. The highest BCUT2D eigenvalue weighted by atomic mass is 32.2. The van der Waals surface area contributed by atoms with Crippen LogP contribution < -0.4 is 10.1 Å². The molecule has 27 heavy (non-hydrogen) atoms. The van der Waals surface area contributed by atoms with Gasteiger partial charge in [0.1, 0.15) is 0 Å². The second-order valence-corrected chi connectivity index (χ2v) is 6.59. The summed E-state index contributed by atoms with van der Waals surface area (Å²) in [6.07, 6.45) is 0. The van der Waals surface area contributed by atoms with Crippen LogP contribution in [0.5, 0.6) is 5.75 Å². The molecular weight excluding hydrogens is 366 g/mol. The van der Waals surface area contributed by atoms with E-state index in [2.05, 4.69) is 15.5 Å². The van der Waals surface area contributed by atoms with Crippen molar-refractivity contribution in [3.05, 3.63) is 66.2 Å². The van der Waals surface area contributed by atoms with E-state index >= 15 is 0 Å². The van der Waals surface area contributed by atoms with Crippen molar-refractivity contribution in [3.8, 4) is 5.75 Å². The van der Waals surface area contributed by atoms with Gasteiger partial charge in [-0.25, -0.2) is 0 Å². The van der Waals surface area contributed by atoms with Gasteiger partial charge in [0, 0.05) is 10.3 Å². The molecule has 0 saturated heterocycles. The average molecular weight is 381 g/mol. The van der Waals surface area contributed by atoms with E-state index in [9.17, 15) is 4.79 Å². The van der Waals surface area contributed by atoms with Crippen LogP contribution in [0.1, 0.15) is 16.4 Å². The van der Waals surface area contributed by atoms with Crippen LogP contribution in [0.4, 0.5) is 6.01 Å². The Kier molecular flexibility index (Phi) is 4.80. The number of fused-ring (bicyclic) bond motifs is 1. The van der Waals surface area contributed by atoms with Crippen LogP contribution in [-0.2, 0) is 5.75 Å². The van der Waals surface area contributed by atoms with Gasteiger partial charge in [0.15, 0.2) is 17.1 Å². The van der Waals surface area contributed by atoms with E-state index in [1.54, 1.807) is 31.0 Å². The van der Waals surface area contributed by atoms with Gasteiger partial charge in [0.25, 0.3) is 5.91 Å². The highest BCUT2D eigenvalue weighted by Crippen LogP contribution is 2.29. The minimum Gasteiger partial charge on any atom is -0.493 e. The zero-order valence-electron chi connectivity index (χ0n) is 14.3. The molecule has 0 spiro atoms. The topological polar surface area (TPSA) is 90.4 Å². The number of carbonyl (C=O) groups is 1. The van der Waals surface area contributed by atoms with Crippen molar-refractivity contribution >= 4 is 34.7 Å². The Hall–Kier alpha value is -3.26. The third-order valence-electron chi connectivity index (χ3n) is 3.74. The summed E-state index contributed by atoms with van der Waals surface area (Å²) in [5.41, 5.74) is 0.510. The van der Waals surface area contributed by atoms with Gasteiger partial charge >= 0.3 is 6.01 Å². The van der Waals surface area contributed by atoms with Gasteiger partial charge in [0.2, 0.25) is 5.89 Å². The minimum atomic E-state index is -0.473. The Bertz CT molecular complexity index is 1070. The maximum Gasteiger partial charge on any atom is 0.322 e. The first kappa shape index (κ1) is 17.2. The van der Waals surface area contributed by atoms with Crippen molar-refractivity contribution in [3.63, 3.8) is 0 Å². The Morgan fingerprint density at radius 1 is 1.11 bits per heavy atom. The number of anilines is 1. The van der Waals surface area contributed by atoms with Crippen LogP contribution in [0.15, 0.2) is 68.3 Å². The van der Waals surface area contributed by atoms with Crippen molar-refractivity contribution in [2.24, 2.45) is 0 Å². The number of nitrogens with one attached hydrogen (secondary N) is 1. The molecule has 0 atom stereocenters. The summed E-state index contributed by atoms with van der Waals surface area (Å²) in [5.74, 6) is 1.15. The Morgan fingerprint density at radius 2 is 1.96 bits per heavy atom. The molecule has 8 heteroatoms. The summed E-state index contributed by atoms with van der Waals surface area (Å²) < 4.78 is 16.3. The lowest BCUT2D eigenvalue weighted by Gasteiger charge is -1.99. The summed E-state index contributed by atoms with van der Waals surface area (Å²) >= 11 is 1.57. The maximum atomic E-state index is 12.4. The van der Waals surface area contributed by atoms with E-state index in [4.69, 9.17) is 13.6 Å². The summed E-state index contributed by atoms with van der Waals surface area (Å²) in [6, 6.07) is 17.0. The van der Waals surface area contributed by atoms with Crippen molar-refractivity contribution in [1.82, 2.24) is 10.2 Å². The first-order chi connectivity index (χ1) is 13.2. The fourth-order valence-corrected chi connectivity index (χ4v) is 3.25. The zero-order chi connectivity index (χ0) is 18.6. The molecule has 0 unspecified atom stereocenters. The van der Waals surface area contributed by atoms with Gasteiger partial charge in [-0.3, -0.25) is 10.1 Å². The van der Waals surface area contributed by atoms with Crippen LogP contribution in [0.3, 0.4) is 0 Å². The monoisotopic (exact) mass is 381 g/mol. The Labute approximate surface area is 158 Å². The van der Waals surface area contributed by atoms with E-state index in [1.807, 2.05) is 42.5 Å². The summed E-state index contributed by atoms with van der Waals surface area (Å²) in [5, 5.41) is 11.1. The van der Waals surface area contributed by atoms with Crippen molar-refractivity contribution in [2.75, 3.05) is 12.4 Å². The summed E-state index contributed by atoms with van der Waals surface area (Å²) in [6.45, 7) is 0. The van der Waals surface area contributed by atoms with E-state index in [1.165, 1.54) is 0 Å². The number of benzene rings is 2. The molecule has 4 rings (SSSR count). The number of carbonyl (C=O) groups excluding carboxylic acids is 1. The molecule has 0 bridgehead atoms. The van der Waals surface area contributed by atoms with Crippen LogP contribution in [0, 0.1) is 0 Å². The van der Waals surface area contributed by atoms with Crippen LogP contribution >= 0.6 is 11.8 Å². The van der Waals surface area contributed by atoms with Gasteiger partial charge in [-0.1, -0.05) is 35.4 Å². The summed E-state index contributed by atoms with van der Waals surface area (Å²) in [7, 11) is 1.55. The third-order valence-corrected chi connectivity index (χ3v) is 4.74. The second-order valence-electron chi connectivity index (χ2n) is 5.55. The SMILES string of the molecule is COc1cccc2cc(C(=O)Nc3nnc(CSc4ccccc4)o3)oc12. The first-order valence-corrected chi connectivity index (χ1v) is 9.09. The molecule has 0 saturated carbocycles. The lowest BCUT2D eigenvalue weighted by atomic mass is 10.2. The molecule has 1 N–H and O–H groups in total. The number of thioether (sulfide) groups is 1. The van der Waals surface area contributed by atoms with Crippen molar-refractivity contribution in [1.29, 1.82) is 0 Å². The molecule has 0 aliphatic heterocycles.